The average molecular weight is 398 g/mol. The summed E-state index contributed by atoms with van der Waals surface area (Å²) in [4.78, 5) is 7.20. The maximum atomic E-state index is 12.7. The van der Waals surface area contributed by atoms with Gasteiger partial charge in [-0.15, -0.1) is 0 Å². The zero-order valence-electron chi connectivity index (χ0n) is 15.4. The van der Waals surface area contributed by atoms with Crippen LogP contribution in [0.15, 0.2) is 47.4 Å². The minimum absolute atomic E-state index is 0.0213. The summed E-state index contributed by atoms with van der Waals surface area (Å²) in [6, 6.07) is 12.5. The second-order valence-corrected chi connectivity index (χ2v) is 9.07. The lowest BCUT2D eigenvalue weighted by Gasteiger charge is -2.26. The molecule has 3 aromatic rings. The van der Waals surface area contributed by atoms with Crippen LogP contribution in [0.3, 0.4) is 0 Å². The van der Waals surface area contributed by atoms with Crippen LogP contribution in [0.25, 0.3) is 10.9 Å². The third kappa shape index (κ3) is 3.14. The lowest BCUT2D eigenvalue weighted by molar-refractivity contribution is 0.596. The van der Waals surface area contributed by atoms with Crippen LogP contribution in [0.5, 0.6) is 0 Å². The molecule has 146 valence electrons. The van der Waals surface area contributed by atoms with Gasteiger partial charge in [-0.2, -0.15) is 0 Å². The number of rotatable bonds is 3. The van der Waals surface area contributed by atoms with Crippen molar-refractivity contribution >= 4 is 37.9 Å². The smallest absolute Gasteiger partial charge is 0.180 e. The average Bonchev–Trinajstić information content (AvgIpc) is 2.81. The second kappa shape index (κ2) is 6.96. The number of aromatic nitrogens is 1. The Morgan fingerprint density at radius 3 is 2.68 bits per heavy atom. The van der Waals surface area contributed by atoms with Gasteiger partial charge in [0.05, 0.1) is 16.2 Å². The van der Waals surface area contributed by atoms with Gasteiger partial charge in [0.2, 0.25) is 0 Å². The van der Waals surface area contributed by atoms with Crippen LogP contribution >= 0.6 is 0 Å². The van der Waals surface area contributed by atoms with E-state index in [1.807, 2.05) is 29.2 Å². The fraction of sp³-hybridized carbons (Fsp3) is 0.250. The van der Waals surface area contributed by atoms with Crippen LogP contribution < -0.4 is 22.1 Å². The maximum Gasteiger partial charge on any atom is 0.180 e. The monoisotopic (exact) mass is 397 g/mol. The van der Waals surface area contributed by atoms with E-state index in [4.69, 9.17) is 22.2 Å². The molecule has 1 aromatic heterocycles. The van der Waals surface area contributed by atoms with Crippen LogP contribution in [0.1, 0.15) is 11.1 Å². The quantitative estimate of drug-likeness (QED) is 0.574. The predicted octanol–water partition coefficient (Wildman–Crippen LogP) is 1.69. The number of hydrogen-bond acceptors (Lipinski definition) is 7. The maximum absolute atomic E-state index is 12.7. The molecule has 0 bridgehead atoms. The van der Waals surface area contributed by atoms with Gasteiger partial charge in [-0.05, 0) is 42.8 Å². The van der Waals surface area contributed by atoms with Gasteiger partial charge in [-0.25, -0.2) is 13.4 Å². The number of benzene rings is 2. The summed E-state index contributed by atoms with van der Waals surface area (Å²) >= 11 is 0. The van der Waals surface area contributed by atoms with Crippen molar-refractivity contribution in [1.29, 1.82) is 0 Å². The lowest BCUT2D eigenvalue weighted by atomic mass is 10.0. The molecule has 0 saturated carbocycles. The summed E-state index contributed by atoms with van der Waals surface area (Å²) in [5, 5.41) is 0.787. The summed E-state index contributed by atoms with van der Waals surface area (Å²) < 4.78 is 25.4. The number of nitrogens with two attached hydrogens (primary N) is 3. The van der Waals surface area contributed by atoms with Crippen molar-refractivity contribution in [3.05, 3.63) is 53.6 Å². The molecule has 7 nitrogen and oxygen atoms in total. The first-order valence-electron chi connectivity index (χ1n) is 9.14. The molecule has 2 heterocycles. The molecular weight excluding hydrogens is 374 g/mol. The van der Waals surface area contributed by atoms with Crippen LogP contribution in [0, 0.1) is 0 Å². The Morgan fingerprint density at radius 2 is 1.89 bits per heavy atom. The third-order valence-electron chi connectivity index (χ3n) is 5.12. The van der Waals surface area contributed by atoms with Gasteiger partial charge in [-0.1, -0.05) is 18.2 Å². The van der Waals surface area contributed by atoms with E-state index in [2.05, 4.69) is 0 Å². The molecule has 0 radical (unpaired) electrons. The third-order valence-corrected chi connectivity index (χ3v) is 6.91. The van der Waals surface area contributed by atoms with Crippen molar-refractivity contribution in [1.82, 2.24) is 4.98 Å². The number of sulfone groups is 1. The molecule has 0 aliphatic carbocycles. The van der Waals surface area contributed by atoms with E-state index in [1.165, 1.54) is 0 Å². The van der Waals surface area contributed by atoms with Gasteiger partial charge >= 0.3 is 0 Å². The molecule has 0 amide bonds. The van der Waals surface area contributed by atoms with Crippen LogP contribution in [-0.2, 0) is 22.8 Å². The van der Waals surface area contributed by atoms with E-state index in [1.54, 1.807) is 18.2 Å². The van der Waals surface area contributed by atoms with E-state index < -0.39 is 9.84 Å². The Kier molecular flexibility index (Phi) is 4.60. The Labute approximate surface area is 164 Å². The standard InChI is InChI=1S/C20H23N5O2S/c21-8-7-15-19(23)16-11-14(22)5-6-17(16)24-20(15)25-9-10-28(26,27)18-4-2-1-3-13(18)12-25/h1-6,11H,7-10,12,21-22H2,(H2,23,24). The van der Waals surface area contributed by atoms with Gasteiger partial charge in [0.1, 0.15) is 5.82 Å². The number of nitrogen functional groups attached to an aromatic ring is 2. The molecule has 1 aliphatic heterocycles. The summed E-state index contributed by atoms with van der Waals surface area (Å²) in [7, 11) is -3.34. The number of anilines is 3. The minimum atomic E-state index is -3.34. The lowest BCUT2D eigenvalue weighted by Crippen LogP contribution is -2.28. The van der Waals surface area contributed by atoms with Gasteiger partial charge in [0, 0.05) is 35.4 Å². The van der Waals surface area contributed by atoms with Gasteiger partial charge in [0.15, 0.2) is 9.84 Å². The van der Waals surface area contributed by atoms with Gasteiger partial charge in [0.25, 0.3) is 0 Å². The Bertz CT molecular complexity index is 1160. The van der Waals surface area contributed by atoms with Crippen molar-refractivity contribution < 1.29 is 8.42 Å². The highest BCUT2D eigenvalue weighted by molar-refractivity contribution is 7.91. The first-order chi connectivity index (χ1) is 13.4. The van der Waals surface area contributed by atoms with E-state index in [-0.39, 0.29) is 5.75 Å². The Balaban J connectivity index is 1.89. The molecule has 8 heteroatoms. The normalized spacial score (nSPS) is 16.0. The number of hydrogen-bond donors (Lipinski definition) is 3. The highest BCUT2D eigenvalue weighted by Crippen LogP contribution is 2.34. The first-order valence-corrected chi connectivity index (χ1v) is 10.8. The summed E-state index contributed by atoms with van der Waals surface area (Å²) in [6.45, 7) is 1.19. The molecule has 0 fully saturated rings. The summed E-state index contributed by atoms with van der Waals surface area (Å²) in [5.41, 5.74) is 21.7. The van der Waals surface area contributed by atoms with E-state index in [9.17, 15) is 8.42 Å². The van der Waals surface area contributed by atoms with Crippen LogP contribution in [-0.4, -0.2) is 32.2 Å². The molecular formula is C20H23N5O2S. The highest BCUT2D eigenvalue weighted by atomic mass is 32.2. The van der Waals surface area contributed by atoms with E-state index >= 15 is 0 Å². The van der Waals surface area contributed by atoms with Crippen molar-refractivity contribution in [2.45, 2.75) is 17.9 Å². The van der Waals surface area contributed by atoms with Crippen molar-refractivity contribution in [2.24, 2.45) is 5.73 Å². The van der Waals surface area contributed by atoms with E-state index in [0.29, 0.717) is 48.1 Å². The predicted molar refractivity (Wildman–Crippen MR) is 113 cm³/mol. The summed E-state index contributed by atoms with van der Waals surface area (Å²) in [6.07, 6.45) is 0.545. The molecule has 28 heavy (non-hydrogen) atoms. The van der Waals surface area contributed by atoms with Crippen LogP contribution in [0.4, 0.5) is 17.2 Å². The number of pyridine rings is 1. The zero-order chi connectivity index (χ0) is 19.9. The Morgan fingerprint density at radius 1 is 1.11 bits per heavy atom. The van der Waals surface area contributed by atoms with Crippen molar-refractivity contribution in [2.75, 3.05) is 35.2 Å². The van der Waals surface area contributed by atoms with Gasteiger partial charge in [-0.3, -0.25) is 0 Å². The molecule has 0 unspecified atom stereocenters. The zero-order valence-corrected chi connectivity index (χ0v) is 16.2. The fourth-order valence-electron chi connectivity index (χ4n) is 3.73. The Hall–Kier alpha value is -2.84. The number of fused-ring (bicyclic) bond motifs is 2. The second-order valence-electron chi connectivity index (χ2n) is 6.99. The van der Waals surface area contributed by atoms with E-state index in [0.717, 1.165) is 22.0 Å². The molecule has 6 N–H and O–H groups in total. The van der Waals surface area contributed by atoms with Crippen LogP contribution in [0.2, 0.25) is 0 Å². The molecule has 4 rings (SSSR count). The molecule has 1 aliphatic rings. The minimum Gasteiger partial charge on any atom is -0.399 e. The number of nitrogens with zero attached hydrogens (tertiary/aromatic N) is 2. The summed E-state index contributed by atoms with van der Waals surface area (Å²) in [5.74, 6) is 0.708. The van der Waals surface area contributed by atoms with Gasteiger partial charge < -0.3 is 22.1 Å². The fourth-order valence-corrected chi connectivity index (χ4v) is 5.23. The van der Waals surface area contributed by atoms with Crippen molar-refractivity contribution in [3.63, 3.8) is 0 Å². The molecule has 0 atom stereocenters. The topological polar surface area (TPSA) is 128 Å². The first kappa shape index (κ1) is 18.5. The molecule has 0 spiro atoms. The molecule has 0 saturated heterocycles. The largest absolute Gasteiger partial charge is 0.399 e. The highest BCUT2D eigenvalue weighted by Gasteiger charge is 2.27. The SMILES string of the molecule is NCCc1c(N2CCS(=O)(=O)c3ccccc3C2)nc2ccc(N)cc2c1N. The molecule has 2 aromatic carbocycles. The van der Waals surface area contributed by atoms with Crippen molar-refractivity contribution in [3.8, 4) is 0 Å².